The highest BCUT2D eigenvalue weighted by atomic mass is 79.9. The number of rotatable bonds is 13. The average Bonchev–Trinajstić information content (AvgIpc) is 2.82. The molecule has 1 N–H and O–H groups in total. The summed E-state index contributed by atoms with van der Waals surface area (Å²) in [5, 5.41) is 13.4. The molecule has 2 rings (SSSR count). The molecule has 0 aromatic heterocycles. The Balaban J connectivity index is 2.28. The van der Waals surface area contributed by atoms with Crippen molar-refractivity contribution in [3.63, 3.8) is 0 Å². The maximum atomic E-state index is 11.2. The number of ether oxygens (including phenoxy) is 3. The fraction of sp³-hybridized carbons (Fsp3) is 0.481. The number of methoxy groups -OCH3 is 1. The van der Waals surface area contributed by atoms with E-state index in [1.54, 1.807) is 7.11 Å². The Labute approximate surface area is 214 Å². The Morgan fingerprint density at radius 3 is 1.97 bits per heavy atom. The second-order valence-electron chi connectivity index (χ2n) is 9.37. The fourth-order valence-corrected chi connectivity index (χ4v) is 9.43. The molecule has 3 atom stereocenters. The highest BCUT2D eigenvalue weighted by molar-refractivity contribution is 9.11. The van der Waals surface area contributed by atoms with Crippen molar-refractivity contribution >= 4 is 34.6 Å². The summed E-state index contributed by atoms with van der Waals surface area (Å²) in [4.78, 5) is 0. The Morgan fingerprint density at radius 2 is 1.50 bits per heavy atom. The Kier molecular flexibility index (Phi) is 11.6. The molecule has 0 aliphatic carbocycles. The zero-order valence-corrected chi connectivity index (χ0v) is 23.7. The van der Waals surface area contributed by atoms with Crippen molar-refractivity contribution in [2.45, 2.75) is 58.0 Å². The SMILES string of the molecule is COCCOCO[C@@H](C)/C=C(/Br)[C@@H](O)[C@H](C)O[Si](c1ccccc1)(c1ccccc1)C(C)(C)C. The van der Waals surface area contributed by atoms with Crippen molar-refractivity contribution in [3.8, 4) is 0 Å². The van der Waals surface area contributed by atoms with E-state index in [-0.39, 0.29) is 17.9 Å². The Morgan fingerprint density at radius 1 is 0.971 bits per heavy atom. The van der Waals surface area contributed by atoms with Crippen LogP contribution in [0.15, 0.2) is 71.2 Å². The van der Waals surface area contributed by atoms with Crippen molar-refractivity contribution in [2.24, 2.45) is 0 Å². The first-order valence-corrected chi connectivity index (χ1v) is 14.4. The lowest BCUT2D eigenvalue weighted by Gasteiger charge is -2.45. The van der Waals surface area contributed by atoms with Gasteiger partial charge in [0, 0.05) is 11.6 Å². The molecule has 0 fully saturated rings. The molecule has 0 amide bonds. The second kappa shape index (κ2) is 13.7. The highest BCUT2D eigenvalue weighted by Crippen LogP contribution is 2.38. The largest absolute Gasteiger partial charge is 0.402 e. The van der Waals surface area contributed by atoms with Crippen LogP contribution in [0.2, 0.25) is 5.04 Å². The Hall–Kier alpha value is -1.32. The number of hydrogen-bond acceptors (Lipinski definition) is 5. The molecular formula is C27H39BrO5Si. The van der Waals surface area contributed by atoms with E-state index in [9.17, 15) is 5.11 Å². The van der Waals surface area contributed by atoms with E-state index < -0.39 is 20.5 Å². The minimum Gasteiger partial charge on any atom is -0.402 e. The predicted molar refractivity (Wildman–Crippen MR) is 144 cm³/mol. The molecular weight excluding hydrogens is 512 g/mol. The molecule has 0 radical (unpaired) electrons. The molecule has 0 unspecified atom stereocenters. The zero-order valence-electron chi connectivity index (χ0n) is 21.2. The fourth-order valence-electron chi connectivity index (χ4n) is 3.99. The van der Waals surface area contributed by atoms with Crippen molar-refractivity contribution in [3.05, 3.63) is 71.2 Å². The lowest BCUT2D eigenvalue weighted by molar-refractivity contribution is -0.0806. The summed E-state index contributed by atoms with van der Waals surface area (Å²) in [5.41, 5.74) is 0. The van der Waals surface area contributed by atoms with E-state index in [4.69, 9.17) is 18.6 Å². The molecule has 0 aliphatic heterocycles. The summed E-state index contributed by atoms with van der Waals surface area (Å²) < 4.78 is 23.6. The molecule has 5 nitrogen and oxygen atoms in total. The van der Waals surface area contributed by atoms with Crippen LogP contribution in [0, 0.1) is 0 Å². The van der Waals surface area contributed by atoms with E-state index >= 15 is 0 Å². The van der Waals surface area contributed by atoms with E-state index in [0.717, 1.165) is 0 Å². The van der Waals surface area contributed by atoms with Crippen LogP contribution in [0.4, 0.5) is 0 Å². The van der Waals surface area contributed by atoms with Crippen LogP contribution in [0.3, 0.4) is 0 Å². The smallest absolute Gasteiger partial charge is 0.261 e. The number of hydrogen-bond donors (Lipinski definition) is 1. The number of halogens is 1. The minimum atomic E-state index is -2.77. The van der Waals surface area contributed by atoms with Gasteiger partial charge in [0.25, 0.3) is 8.32 Å². The summed E-state index contributed by atoms with van der Waals surface area (Å²) in [7, 11) is -1.14. The maximum absolute atomic E-state index is 11.2. The quantitative estimate of drug-likeness (QED) is 0.224. The molecule has 2 aromatic rings. The van der Waals surface area contributed by atoms with Gasteiger partial charge in [0.15, 0.2) is 0 Å². The van der Waals surface area contributed by atoms with E-state index in [1.165, 1.54) is 10.4 Å². The van der Waals surface area contributed by atoms with Gasteiger partial charge in [-0.2, -0.15) is 0 Å². The topological polar surface area (TPSA) is 57.2 Å². The van der Waals surface area contributed by atoms with Gasteiger partial charge < -0.3 is 23.7 Å². The first-order chi connectivity index (χ1) is 16.1. The van der Waals surface area contributed by atoms with Crippen LogP contribution in [-0.4, -0.2) is 58.9 Å². The lowest BCUT2D eigenvalue weighted by Crippen LogP contribution is -2.68. The third-order valence-corrected chi connectivity index (χ3v) is 11.6. The van der Waals surface area contributed by atoms with Gasteiger partial charge in [-0.1, -0.05) is 97.4 Å². The minimum absolute atomic E-state index is 0.158. The molecule has 0 aliphatic rings. The van der Waals surface area contributed by atoms with E-state index in [2.05, 4.69) is 85.2 Å². The third-order valence-electron chi connectivity index (χ3n) is 5.75. The van der Waals surface area contributed by atoms with Crippen LogP contribution >= 0.6 is 15.9 Å². The van der Waals surface area contributed by atoms with Gasteiger partial charge in [0.2, 0.25) is 0 Å². The zero-order chi connectivity index (χ0) is 25.2. The monoisotopic (exact) mass is 550 g/mol. The molecule has 0 heterocycles. The van der Waals surface area contributed by atoms with Gasteiger partial charge in [0.05, 0.1) is 25.4 Å². The predicted octanol–water partition coefficient (Wildman–Crippen LogP) is 4.62. The van der Waals surface area contributed by atoms with Crippen molar-refractivity contribution in [1.82, 2.24) is 0 Å². The molecule has 0 spiro atoms. The van der Waals surface area contributed by atoms with Gasteiger partial charge in [-0.15, -0.1) is 0 Å². The van der Waals surface area contributed by atoms with Crippen LogP contribution in [0.5, 0.6) is 0 Å². The van der Waals surface area contributed by atoms with Crippen LogP contribution in [-0.2, 0) is 18.6 Å². The summed E-state index contributed by atoms with van der Waals surface area (Å²) >= 11 is 3.55. The van der Waals surface area contributed by atoms with Crippen LogP contribution < -0.4 is 10.4 Å². The van der Waals surface area contributed by atoms with Gasteiger partial charge in [-0.05, 0) is 35.3 Å². The normalized spacial score (nSPS) is 15.7. The highest BCUT2D eigenvalue weighted by Gasteiger charge is 2.51. The average molecular weight is 552 g/mol. The van der Waals surface area contributed by atoms with Gasteiger partial charge >= 0.3 is 0 Å². The summed E-state index contributed by atoms with van der Waals surface area (Å²) in [6, 6.07) is 20.9. The molecule has 34 heavy (non-hydrogen) atoms. The van der Waals surface area contributed by atoms with E-state index in [1.807, 2.05) is 32.1 Å². The molecule has 0 bridgehead atoms. The Bertz CT molecular complexity index is 830. The molecule has 0 saturated carbocycles. The lowest BCUT2D eigenvalue weighted by atomic mass is 10.2. The summed E-state index contributed by atoms with van der Waals surface area (Å²) in [5.74, 6) is 0. The number of benzene rings is 2. The van der Waals surface area contributed by atoms with Gasteiger partial charge in [0.1, 0.15) is 12.9 Å². The van der Waals surface area contributed by atoms with Gasteiger partial charge in [-0.25, -0.2) is 0 Å². The summed E-state index contributed by atoms with van der Waals surface area (Å²) in [6.07, 6.45) is 0.297. The second-order valence-corrected chi connectivity index (χ2v) is 14.5. The first-order valence-electron chi connectivity index (χ1n) is 11.7. The molecule has 7 heteroatoms. The number of aliphatic hydroxyl groups is 1. The van der Waals surface area contributed by atoms with Crippen molar-refractivity contribution in [2.75, 3.05) is 27.1 Å². The maximum Gasteiger partial charge on any atom is 0.261 e. The van der Waals surface area contributed by atoms with Crippen molar-refractivity contribution in [1.29, 1.82) is 0 Å². The van der Waals surface area contributed by atoms with Crippen LogP contribution in [0.25, 0.3) is 0 Å². The molecule has 188 valence electrons. The van der Waals surface area contributed by atoms with Crippen molar-refractivity contribution < 1.29 is 23.7 Å². The molecule has 0 saturated heterocycles. The molecule has 2 aromatic carbocycles. The van der Waals surface area contributed by atoms with E-state index in [0.29, 0.717) is 17.7 Å². The van der Waals surface area contributed by atoms with Crippen LogP contribution in [0.1, 0.15) is 34.6 Å². The third kappa shape index (κ3) is 7.59. The summed E-state index contributed by atoms with van der Waals surface area (Å²) in [6.45, 7) is 11.7. The van der Waals surface area contributed by atoms with Gasteiger partial charge in [-0.3, -0.25) is 0 Å². The first kappa shape index (κ1) is 28.9. The standard InChI is InChI=1S/C27H39BrO5Si/c1-21(32-20-31-18-17-30-6)19-25(28)26(29)22(2)33-34(27(3,4)5,23-13-9-7-10-14-23)24-15-11-8-12-16-24/h7-16,19,21-22,26,29H,17-18,20H2,1-6H3/b25-19+/t21-,22-,26-/m0/s1. The number of aliphatic hydroxyl groups excluding tert-OH is 1.